The van der Waals surface area contributed by atoms with Crippen molar-refractivity contribution >= 4 is 44.8 Å². The van der Waals surface area contributed by atoms with Crippen LogP contribution in [0.3, 0.4) is 0 Å². The van der Waals surface area contributed by atoms with Crippen molar-refractivity contribution in [2.24, 2.45) is 0 Å². The molecule has 0 bridgehead atoms. The second kappa shape index (κ2) is 4.44. The molecule has 98 valence electrons. The van der Waals surface area contributed by atoms with Gasteiger partial charge in [-0.2, -0.15) is 10.1 Å². The van der Waals surface area contributed by atoms with Crippen molar-refractivity contribution in [1.82, 2.24) is 19.7 Å². The molecule has 0 N–H and O–H groups in total. The molecule has 3 aromatic heterocycles. The Balaban J connectivity index is 2.38. The van der Waals surface area contributed by atoms with Crippen LogP contribution in [0.4, 0.5) is 0 Å². The summed E-state index contributed by atoms with van der Waals surface area (Å²) in [5, 5.41) is 6.22. The Labute approximate surface area is 124 Å². The van der Waals surface area contributed by atoms with Crippen molar-refractivity contribution in [1.29, 1.82) is 0 Å². The molecule has 7 heteroatoms. The maximum Gasteiger partial charge on any atom is 0.225 e. The molecule has 0 saturated carbocycles. The quantitative estimate of drug-likeness (QED) is 0.635. The van der Waals surface area contributed by atoms with Crippen LogP contribution < -0.4 is 0 Å². The first-order valence-corrected chi connectivity index (χ1v) is 7.20. The lowest BCUT2D eigenvalue weighted by atomic mass is 10.3. The van der Waals surface area contributed by atoms with Gasteiger partial charge in [0.05, 0.1) is 21.8 Å². The first kappa shape index (κ1) is 12.8. The van der Waals surface area contributed by atoms with Gasteiger partial charge in [0.2, 0.25) is 5.28 Å². The highest BCUT2D eigenvalue weighted by Crippen LogP contribution is 2.30. The Bertz CT molecular complexity index is 791. The monoisotopic (exact) mass is 312 g/mol. The van der Waals surface area contributed by atoms with Gasteiger partial charge in [0.25, 0.3) is 0 Å². The van der Waals surface area contributed by atoms with Gasteiger partial charge in [-0.05, 0) is 38.4 Å². The van der Waals surface area contributed by atoms with Crippen LogP contribution in [-0.4, -0.2) is 19.7 Å². The molecule has 3 aromatic rings. The van der Waals surface area contributed by atoms with Crippen LogP contribution in [0, 0.1) is 20.8 Å². The van der Waals surface area contributed by atoms with Gasteiger partial charge < -0.3 is 0 Å². The Hall–Kier alpha value is -1.17. The van der Waals surface area contributed by atoms with E-state index in [4.69, 9.17) is 23.2 Å². The maximum atomic E-state index is 6.19. The summed E-state index contributed by atoms with van der Waals surface area (Å²) in [7, 11) is 0. The van der Waals surface area contributed by atoms with Crippen LogP contribution in [0.15, 0.2) is 6.07 Å². The second-order valence-corrected chi connectivity index (χ2v) is 6.24. The molecule has 0 atom stereocenters. The van der Waals surface area contributed by atoms with E-state index in [9.17, 15) is 0 Å². The van der Waals surface area contributed by atoms with E-state index < -0.39 is 0 Å². The van der Waals surface area contributed by atoms with Gasteiger partial charge in [0, 0.05) is 4.88 Å². The molecule has 0 saturated heterocycles. The van der Waals surface area contributed by atoms with Crippen molar-refractivity contribution in [3.05, 3.63) is 32.6 Å². The predicted octanol–water partition coefficient (Wildman–Crippen LogP) is 4.11. The highest BCUT2D eigenvalue weighted by Gasteiger charge is 2.16. The molecule has 0 unspecified atom stereocenters. The molecule has 0 spiro atoms. The molecule has 0 aliphatic heterocycles. The molecule has 0 aromatic carbocycles. The minimum absolute atomic E-state index is 0.216. The molecule has 3 heterocycles. The van der Waals surface area contributed by atoms with E-state index in [0.717, 1.165) is 26.5 Å². The Morgan fingerprint density at radius 3 is 2.53 bits per heavy atom. The normalized spacial score (nSPS) is 11.4. The smallest absolute Gasteiger partial charge is 0.217 e. The molecule has 4 nitrogen and oxygen atoms in total. The fourth-order valence-electron chi connectivity index (χ4n) is 1.99. The number of hydrogen-bond acceptors (Lipinski definition) is 4. The van der Waals surface area contributed by atoms with E-state index in [1.165, 1.54) is 0 Å². The summed E-state index contributed by atoms with van der Waals surface area (Å²) in [5.74, 6) is 0.673. The number of hydrogen-bond donors (Lipinski definition) is 0. The SMILES string of the molecule is Cc1cc2c(-n3nc(C)c(Cl)c3C)nc(Cl)nc2s1. The van der Waals surface area contributed by atoms with Crippen LogP contribution in [-0.2, 0) is 0 Å². The molecular weight excluding hydrogens is 303 g/mol. The Kier molecular flexibility index (Phi) is 3.00. The van der Waals surface area contributed by atoms with Crippen LogP contribution >= 0.6 is 34.5 Å². The molecule has 3 rings (SSSR count). The Morgan fingerprint density at radius 2 is 1.89 bits per heavy atom. The van der Waals surface area contributed by atoms with Crippen LogP contribution in [0.1, 0.15) is 16.3 Å². The van der Waals surface area contributed by atoms with Gasteiger partial charge in [0.15, 0.2) is 5.82 Å². The van der Waals surface area contributed by atoms with Crippen molar-refractivity contribution in [3.63, 3.8) is 0 Å². The fourth-order valence-corrected chi connectivity index (χ4v) is 3.20. The number of nitrogens with zero attached hydrogens (tertiary/aromatic N) is 4. The molecule has 0 fully saturated rings. The average molecular weight is 313 g/mol. The zero-order valence-electron chi connectivity index (χ0n) is 10.5. The van der Waals surface area contributed by atoms with Gasteiger partial charge >= 0.3 is 0 Å². The zero-order valence-corrected chi connectivity index (χ0v) is 12.9. The minimum atomic E-state index is 0.216. The fraction of sp³-hybridized carbons (Fsp3) is 0.250. The van der Waals surface area contributed by atoms with E-state index in [1.807, 2.05) is 26.8 Å². The zero-order chi connectivity index (χ0) is 13.7. The lowest BCUT2D eigenvalue weighted by Crippen LogP contribution is -2.03. The number of aromatic nitrogens is 4. The molecule has 19 heavy (non-hydrogen) atoms. The summed E-state index contributed by atoms with van der Waals surface area (Å²) < 4.78 is 1.72. The molecule has 0 aliphatic carbocycles. The van der Waals surface area contributed by atoms with Gasteiger partial charge in [-0.15, -0.1) is 11.3 Å². The topological polar surface area (TPSA) is 43.6 Å². The largest absolute Gasteiger partial charge is 0.225 e. The summed E-state index contributed by atoms with van der Waals surface area (Å²) >= 11 is 13.8. The minimum Gasteiger partial charge on any atom is -0.217 e. The molecular formula is C12H10Cl2N4S. The van der Waals surface area contributed by atoms with Gasteiger partial charge in [-0.1, -0.05) is 11.6 Å². The number of aryl methyl sites for hydroxylation is 2. The number of thiophene rings is 1. The number of fused-ring (bicyclic) bond motifs is 1. The van der Waals surface area contributed by atoms with Crippen LogP contribution in [0.5, 0.6) is 0 Å². The van der Waals surface area contributed by atoms with Crippen molar-refractivity contribution < 1.29 is 0 Å². The van der Waals surface area contributed by atoms with Crippen LogP contribution in [0.2, 0.25) is 10.3 Å². The Morgan fingerprint density at radius 1 is 1.16 bits per heavy atom. The van der Waals surface area contributed by atoms with Crippen molar-refractivity contribution in [3.8, 4) is 5.82 Å². The lowest BCUT2D eigenvalue weighted by molar-refractivity contribution is 0.811. The third-order valence-electron chi connectivity index (χ3n) is 2.87. The second-order valence-electron chi connectivity index (χ2n) is 4.29. The third-order valence-corrected chi connectivity index (χ3v) is 4.53. The third kappa shape index (κ3) is 2.02. The van der Waals surface area contributed by atoms with Crippen LogP contribution in [0.25, 0.3) is 16.0 Å². The summed E-state index contributed by atoms with van der Waals surface area (Å²) in [6.45, 7) is 5.80. The summed E-state index contributed by atoms with van der Waals surface area (Å²) in [4.78, 5) is 10.6. The van der Waals surface area contributed by atoms with Gasteiger partial charge in [-0.25, -0.2) is 9.67 Å². The molecule has 0 aliphatic rings. The van der Waals surface area contributed by atoms with E-state index in [2.05, 4.69) is 15.1 Å². The standard InChI is InChI=1S/C12H10Cl2N4S/c1-5-4-8-10(15-12(14)16-11(8)19-5)18-7(3)9(13)6(2)17-18/h4H,1-3H3. The number of halogens is 2. The number of rotatable bonds is 1. The van der Waals surface area contributed by atoms with Gasteiger partial charge in [0.1, 0.15) is 4.83 Å². The highest BCUT2D eigenvalue weighted by molar-refractivity contribution is 7.18. The van der Waals surface area contributed by atoms with Crippen molar-refractivity contribution in [2.45, 2.75) is 20.8 Å². The maximum absolute atomic E-state index is 6.19. The predicted molar refractivity (Wildman–Crippen MR) is 78.8 cm³/mol. The first-order valence-electron chi connectivity index (χ1n) is 5.63. The molecule has 0 amide bonds. The summed E-state index contributed by atoms with van der Waals surface area (Å²) in [5.41, 5.74) is 1.62. The molecule has 0 radical (unpaired) electrons. The summed E-state index contributed by atoms with van der Waals surface area (Å²) in [6, 6.07) is 2.04. The first-order chi connectivity index (χ1) is 8.97. The van der Waals surface area contributed by atoms with E-state index in [1.54, 1.807) is 16.0 Å². The van der Waals surface area contributed by atoms with E-state index in [0.29, 0.717) is 10.8 Å². The average Bonchev–Trinajstić information content (AvgIpc) is 2.83. The summed E-state index contributed by atoms with van der Waals surface area (Å²) in [6.07, 6.45) is 0. The lowest BCUT2D eigenvalue weighted by Gasteiger charge is -2.05. The van der Waals surface area contributed by atoms with Gasteiger partial charge in [-0.3, -0.25) is 0 Å². The van der Waals surface area contributed by atoms with Crippen molar-refractivity contribution in [2.75, 3.05) is 0 Å². The van der Waals surface area contributed by atoms with E-state index in [-0.39, 0.29) is 5.28 Å². The highest BCUT2D eigenvalue weighted by atomic mass is 35.5. The van der Waals surface area contributed by atoms with E-state index >= 15 is 0 Å².